The maximum Gasteiger partial charge on any atom is 0.258 e. The number of rotatable bonds is 6. The molecule has 2 heterocycles. The van der Waals surface area contributed by atoms with Gasteiger partial charge >= 0.3 is 0 Å². The molecule has 4 aromatic rings. The number of amides is 1. The average Bonchev–Trinajstić information content (AvgIpc) is 3.30. The highest BCUT2D eigenvalue weighted by molar-refractivity contribution is 7.21. The lowest BCUT2D eigenvalue weighted by Gasteiger charge is -2.13. The number of thiophene rings is 1. The summed E-state index contributed by atoms with van der Waals surface area (Å²) in [4.78, 5) is 18.9. The molecule has 1 N–H and O–H groups in total. The summed E-state index contributed by atoms with van der Waals surface area (Å²) in [5.74, 6) is 0.596. The second-order valence-corrected chi connectivity index (χ2v) is 8.89. The molecule has 0 spiro atoms. The van der Waals surface area contributed by atoms with E-state index in [4.69, 9.17) is 4.74 Å². The first kappa shape index (κ1) is 18.7. The molecule has 2 aromatic heterocycles. The van der Waals surface area contributed by atoms with Gasteiger partial charge in [-0.2, -0.15) is 0 Å². The minimum atomic E-state index is -0.138. The number of carbonyl (C=O) groups is 1. The summed E-state index contributed by atoms with van der Waals surface area (Å²) in [7, 11) is 4.01. The third kappa shape index (κ3) is 3.81. The number of nitrogens with one attached hydrogen (secondary N) is 1. The maximum absolute atomic E-state index is 12.3. The largest absolute Gasteiger partial charge is 0.483 e. The minimum absolute atomic E-state index is 0.00990. The molecule has 0 fully saturated rings. The van der Waals surface area contributed by atoms with Gasteiger partial charge in [0.15, 0.2) is 6.61 Å². The summed E-state index contributed by atoms with van der Waals surface area (Å²) in [5.41, 5.74) is 3.21. The van der Waals surface area contributed by atoms with Crippen molar-refractivity contribution in [3.05, 3.63) is 52.3 Å². The molecule has 0 atom stereocenters. The summed E-state index contributed by atoms with van der Waals surface area (Å²) in [6.07, 6.45) is 0. The number of aromatic nitrogens is 1. The van der Waals surface area contributed by atoms with Gasteiger partial charge in [-0.3, -0.25) is 4.79 Å². The van der Waals surface area contributed by atoms with Gasteiger partial charge in [0.2, 0.25) is 0 Å². The van der Waals surface area contributed by atoms with Gasteiger partial charge in [0.25, 0.3) is 5.91 Å². The van der Waals surface area contributed by atoms with Gasteiger partial charge in [0.1, 0.15) is 5.75 Å². The Labute approximate surface area is 171 Å². The van der Waals surface area contributed by atoms with Crippen molar-refractivity contribution in [3.8, 4) is 5.75 Å². The Balaban J connectivity index is 1.41. The standard InChI is InChI=1S/C21H21N3O2S2/c1-13-23-20-18(28-13)10-17(16-8-9-27-21(16)20)26-12-19(25)22-11-14-4-6-15(7-5-14)24(2)3/h4-10H,11-12H2,1-3H3,(H,22,25). The van der Waals surface area contributed by atoms with Crippen molar-refractivity contribution in [1.29, 1.82) is 0 Å². The molecule has 1 amide bonds. The molecular formula is C21H21N3O2S2. The van der Waals surface area contributed by atoms with E-state index in [9.17, 15) is 4.79 Å². The molecule has 2 aromatic carbocycles. The van der Waals surface area contributed by atoms with E-state index in [1.54, 1.807) is 22.7 Å². The van der Waals surface area contributed by atoms with Gasteiger partial charge in [0, 0.05) is 37.8 Å². The first-order chi connectivity index (χ1) is 13.5. The summed E-state index contributed by atoms with van der Waals surface area (Å²) >= 11 is 3.29. The second-order valence-electron chi connectivity index (χ2n) is 6.74. The van der Waals surface area contributed by atoms with Crippen LogP contribution in [0.25, 0.3) is 20.3 Å². The van der Waals surface area contributed by atoms with Crippen molar-refractivity contribution >= 4 is 54.6 Å². The average molecular weight is 412 g/mol. The lowest BCUT2D eigenvalue weighted by Crippen LogP contribution is -2.28. The van der Waals surface area contributed by atoms with E-state index < -0.39 is 0 Å². The Morgan fingerprint density at radius 3 is 2.75 bits per heavy atom. The minimum Gasteiger partial charge on any atom is -0.483 e. The van der Waals surface area contributed by atoms with Crippen molar-refractivity contribution in [3.63, 3.8) is 0 Å². The van der Waals surface area contributed by atoms with Gasteiger partial charge < -0.3 is 15.0 Å². The van der Waals surface area contributed by atoms with Crippen molar-refractivity contribution in [1.82, 2.24) is 10.3 Å². The van der Waals surface area contributed by atoms with Gasteiger partial charge in [-0.05, 0) is 36.1 Å². The van der Waals surface area contributed by atoms with E-state index in [-0.39, 0.29) is 12.5 Å². The molecule has 4 rings (SSSR count). The van der Waals surface area contributed by atoms with Crippen molar-refractivity contribution in [2.75, 3.05) is 25.6 Å². The third-order valence-corrected chi connectivity index (χ3v) is 6.31. The predicted molar refractivity (Wildman–Crippen MR) is 118 cm³/mol. The first-order valence-corrected chi connectivity index (χ1v) is 10.6. The van der Waals surface area contributed by atoms with E-state index in [0.29, 0.717) is 6.54 Å². The molecule has 0 aliphatic rings. The topological polar surface area (TPSA) is 54.5 Å². The molecule has 0 aliphatic heterocycles. The number of benzene rings is 2. The zero-order chi connectivity index (χ0) is 19.7. The summed E-state index contributed by atoms with van der Waals surface area (Å²) in [6.45, 7) is 2.48. The van der Waals surface area contributed by atoms with Crippen LogP contribution in [0.2, 0.25) is 0 Å². The highest BCUT2D eigenvalue weighted by atomic mass is 32.1. The zero-order valence-corrected chi connectivity index (χ0v) is 17.6. The molecule has 7 heteroatoms. The lowest BCUT2D eigenvalue weighted by molar-refractivity contribution is -0.123. The van der Waals surface area contributed by atoms with Crippen LogP contribution in [0.5, 0.6) is 5.75 Å². The van der Waals surface area contributed by atoms with Crippen LogP contribution >= 0.6 is 22.7 Å². The second kappa shape index (κ2) is 7.77. The quantitative estimate of drug-likeness (QED) is 0.505. The smallest absolute Gasteiger partial charge is 0.258 e. The Morgan fingerprint density at radius 1 is 1.21 bits per heavy atom. The first-order valence-electron chi connectivity index (χ1n) is 8.94. The van der Waals surface area contributed by atoms with Crippen LogP contribution in [0.15, 0.2) is 41.8 Å². The molecule has 28 heavy (non-hydrogen) atoms. The molecule has 0 saturated carbocycles. The van der Waals surface area contributed by atoms with Gasteiger partial charge in [-0.1, -0.05) is 12.1 Å². The number of ether oxygens (including phenoxy) is 1. The van der Waals surface area contributed by atoms with Crippen molar-refractivity contribution in [2.24, 2.45) is 0 Å². The normalized spacial score (nSPS) is 11.1. The number of nitrogens with zero attached hydrogens (tertiary/aromatic N) is 2. The molecule has 0 radical (unpaired) electrons. The van der Waals surface area contributed by atoms with Crippen LogP contribution in [0.1, 0.15) is 10.6 Å². The maximum atomic E-state index is 12.3. The highest BCUT2D eigenvalue weighted by Crippen LogP contribution is 2.38. The summed E-state index contributed by atoms with van der Waals surface area (Å²) in [5, 5.41) is 6.98. The number of carbonyl (C=O) groups excluding carboxylic acids is 1. The molecule has 5 nitrogen and oxygen atoms in total. The van der Waals surface area contributed by atoms with Gasteiger partial charge in [-0.25, -0.2) is 4.98 Å². The summed E-state index contributed by atoms with van der Waals surface area (Å²) in [6, 6.07) is 12.1. The van der Waals surface area contributed by atoms with Crippen molar-refractivity contribution in [2.45, 2.75) is 13.5 Å². The molecule has 0 unspecified atom stereocenters. The zero-order valence-electron chi connectivity index (χ0n) is 16.0. The predicted octanol–water partition coefficient (Wildman–Crippen LogP) is 4.58. The molecule has 144 valence electrons. The monoisotopic (exact) mass is 411 g/mol. The SMILES string of the molecule is Cc1nc2c(cc(OCC(=O)NCc3ccc(N(C)C)cc3)c3ccsc32)s1. The fourth-order valence-corrected chi connectivity index (χ4v) is 4.85. The summed E-state index contributed by atoms with van der Waals surface area (Å²) < 4.78 is 8.06. The van der Waals surface area contributed by atoms with Gasteiger partial charge in [0.05, 0.1) is 19.9 Å². The Morgan fingerprint density at radius 2 is 2.00 bits per heavy atom. The molecule has 0 aliphatic carbocycles. The van der Waals surface area contributed by atoms with E-state index >= 15 is 0 Å². The highest BCUT2D eigenvalue weighted by Gasteiger charge is 2.13. The lowest BCUT2D eigenvalue weighted by atomic mass is 10.2. The number of thiazole rings is 1. The Hall–Kier alpha value is -2.64. The van der Waals surface area contributed by atoms with Gasteiger partial charge in [-0.15, -0.1) is 22.7 Å². The Bertz CT molecular complexity index is 1130. The van der Waals surface area contributed by atoms with Crippen LogP contribution < -0.4 is 15.0 Å². The van der Waals surface area contributed by atoms with E-state index in [1.807, 2.05) is 67.7 Å². The van der Waals surface area contributed by atoms with Crippen LogP contribution in [0.3, 0.4) is 0 Å². The van der Waals surface area contributed by atoms with E-state index in [2.05, 4.69) is 10.3 Å². The fraction of sp³-hybridized carbons (Fsp3) is 0.238. The fourth-order valence-electron chi connectivity index (χ4n) is 3.01. The number of hydrogen-bond acceptors (Lipinski definition) is 6. The third-order valence-electron chi connectivity index (χ3n) is 4.47. The number of hydrogen-bond donors (Lipinski definition) is 1. The van der Waals surface area contributed by atoms with Crippen LogP contribution in [0.4, 0.5) is 5.69 Å². The Kier molecular flexibility index (Phi) is 5.19. The number of aryl methyl sites for hydroxylation is 1. The van der Waals surface area contributed by atoms with Crippen molar-refractivity contribution < 1.29 is 9.53 Å². The van der Waals surface area contributed by atoms with Crippen LogP contribution in [-0.2, 0) is 11.3 Å². The molecule has 0 saturated heterocycles. The molecule has 0 bridgehead atoms. The van der Waals surface area contributed by atoms with E-state index in [1.165, 1.54) is 0 Å². The molecular weight excluding hydrogens is 390 g/mol. The van der Waals surface area contributed by atoms with Crippen LogP contribution in [0, 0.1) is 6.92 Å². The van der Waals surface area contributed by atoms with Crippen LogP contribution in [-0.4, -0.2) is 31.6 Å². The van der Waals surface area contributed by atoms with E-state index in [0.717, 1.165) is 42.3 Å². The number of anilines is 1. The number of fused-ring (bicyclic) bond motifs is 3.